The predicted molar refractivity (Wildman–Crippen MR) is 54.1 cm³/mol. The van der Waals surface area contributed by atoms with E-state index in [1.807, 2.05) is 0 Å². The summed E-state index contributed by atoms with van der Waals surface area (Å²) in [5.41, 5.74) is 1.43. The molecule has 1 aliphatic heterocycles. The molecule has 4 nitrogen and oxygen atoms in total. The van der Waals surface area contributed by atoms with Gasteiger partial charge in [-0.3, -0.25) is 4.79 Å². The average molecular weight is 208 g/mol. The second kappa shape index (κ2) is 3.81. The van der Waals surface area contributed by atoms with E-state index in [0.29, 0.717) is 29.4 Å². The fourth-order valence-corrected chi connectivity index (χ4v) is 1.81. The van der Waals surface area contributed by atoms with Crippen LogP contribution in [0.2, 0.25) is 0 Å². The van der Waals surface area contributed by atoms with Gasteiger partial charge < -0.3 is 14.2 Å². The Morgan fingerprint density at radius 2 is 2.20 bits per heavy atom. The van der Waals surface area contributed by atoms with E-state index in [2.05, 4.69) is 0 Å². The van der Waals surface area contributed by atoms with E-state index in [0.717, 1.165) is 18.3 Å². The van der Waals surface area contributed by atoms with Crippen molar-refractivity contribution in [2.24, 2.45) is 0 Å². The Morgan fingerprint density at radius 3 is 2.80 bits per heavy atom. The molecular weight excluding hydrogens is 196 g/mol. The van der Waals surface area contributed by atoms with Gasteiger partial charge in [0.25, 0.3) is 0 Å². The highest BCUT2D eigenvalue weighted by atomic mass is 16.5. The summed E-state index contributed by atoms with van der Waals surface area (Å²) in [5.74, 6) is 1.86. The summed E-state index contributed by atoms with van der Waals surface area (Å²) in [7, 11) is 3.13. The highest BCUT2D eigenvalue weighted by Gasteiger charge is 2.24. The van der Waals surface area contributed by atoms with Crippen molar-refractivity contribution in [2.75, 3.05) is 20.8 Å². The van der Waals surface area contributed by atoms with E-state index in [1.165, 1.54) is 0 Å². The van der Waals surface area contributed by atoms with Crippen molar-refractivity contribution in [1.29, 1.82) is 0 Å². The minimum absolute atomic E-state index is 0.514. The third-order valence-corrected chi connectivity index (χ3v) is 2.47. The molecule has 1 aromatic rings. The van der Waals surface area contributed by atoms with Gasteiger partial charge in [0.05, 0.1) is 26.4 Å². The summed E-state index contributed by atoms with van der Waals surface area (Å²) in [6.45, 7) is 0.583. The van der Waals surface area contributed by atoms with Crippen LogP contribution in [0.25, 0.3) is 0 Å². The molecule has 0 unspecified atom stereocenters. The minimum atomic E-state index is 0.514. The van der Waals surface area contributed by atoms with Crippen LogP contribution in [0.15, 0.2) is 6.07 Å². The molecule has 15 heavy (non-hydrogen) atoms. The van der Waals surface area contributed by atoms with Crippen LogP contribution < -0.4 is 14.2 Å². The number of carbonyl (C=O) groups is 1. The summed E-state index contributed by atoms with van der Waals surface area (Å²) in [5, 5.41) is 0. The SMILES string of the molecule is COc1cc(C=O)c2c(c1OC)CCO2. The molecule has 0 N–H and O–H groups in total. The molecule has 0 radical (unpaired) electrons. The molecule has 4 heteroatoms. The first kappa shape index (κ1) is 9.83. The first-order valence-electron chi connectivity index (χ1n) is 4.67. The molecule has 2 rings (SSSR count). The van der Waals surface area contributed by atoms with Crippen LogP contribution in [-0.4, -0.2) is 27.1 Å². The smallest absolute Gasteiger partial charge is 0.167 e. The molecule has 1 aliphatic rings. The van der Waals surface area contributed by atoms with Crippen molar-refractivity contribution in [3.63, 3.8) is 0 Å². The Labute approximate surface area is 87.8 Å². The zero-order chi connectivity index (χ0) is 10.8. The van der Waals surface area contributed by atoms with Crippen molar-refractivity contribution in [2.45, 2.75) is 6.42 Å². The molecule has 80 valence electrons. The van der Waals surface area contributed by atoms with Crippen LogP contribution in [0.1, 0.15) is 15.9 Å². The molecular formula is C11H12O4. The van der Waals surface area contributed by atoms with Gasteiger partial charge in [-0.2, -0.15) is 0 Å². The van der Waals surface area contributed by atoms with Crippen molar-refractivity contribution >= 4 is 6.29 Å². The van der Waals surface area contributed by atoms with Crippen molar-refractivity contribution in [3.05, 3.63) is 17.2 Å². The largest absolute Gasteiger partial charge is 0.493 e. The van der Waals surface area contributed by atoms with E-state index in [4.69, 9.17) is 14.2 Å². The van der Waals surface area contributed by atoms with Crippen LogP contribution in [0.3, 0.4) is 0 Å². The lowest BCUT2D eigenvalue weighted by atomic mass is 10.1. The molecule has 0 bridgehead atoms. The summed E-state index contributed by atoms with van der Waals surface area (Å²) in [6.07, 6.45) is 1.52. The van der Waals surface area contributed by atoms with Crippen molar-refractivity contribution in [1.82, 2.24) is 0 Å². The number of ether oxygens (including phenoxy) is 3. The summed E-state index contributed by atoms with van der Waals surface area (Å²) in [4.78, 5) is 10.9. The maximum atomic E-state index is 10.9. The van der Waals surface area contributed by atoms with Crippen LogP contribution >= 0.6 is 0 Å². The van der Waals surface area contributed by atoms with Crippen LogP contribution in [0.5, 0.6) is 17.2 Å². The number of hydrogen-bond donors (Lipinski definition) is 0. The van der Waals surface area contributed by atoms with Gasteiger partial charge in [-0.25, -0.2) is 0 Å². The highest BCUT2D eigenvalue weighted by Crippen LogP contribution is 2.42. The van der Waals surface area contributed by atoms with Crippen molar-refractivity contribution in [3.8, 4) is 17.2 Å². The van der Waals surface area contributed by atoms with Crippen molar-refractivity contribution < 1.29 is 19.0 Å². The lowest BCUT2D eigenvalue weighted by molar-refractivity contribution is 0.112. The standard InChI is InChI=1S/C11H12O4/c1-13-9-5-7(6-12)10-8(3-4-15-10)11(9)14-2/h5-6H,3-4H2,1-2H3. The molecule has 1 aromatic carbocycles. The fraction of sp³-hybridized carbons (Fsp3) is 0.364. The number of methoxy groups -OCH3 is 2. The molecule has 1 heterocycles. The van der Waals surface area contributed by atoms with E-state index < -0.39 is 0 Å². The quantitative estimate of drug-likeness (QED) is 0.705. The Morgan fingerprint density at radius 1 is 1.40 bits per heavy atom. The third-order valence-electron chi connectivity index (χ3n) is 2.47. The van der Waals surface area contributed by atoms with Gasteiger partial charge in [-0.15, -0.1) is 0 Å². The van der Waals surface area contributed by atoms with E-state index in [1.54, 1.807) is 20.3 Å². The van der Waals surface area contributed by atoms with Gasteiger partial charge in [0.15, 0.2) is 17.8 Å². The van der Waals surface area contributed by atoms with Gasteiger partial charge in [-0.05, 0) is 6.07 Å². The zero-order valence-electron chi connectivity index (χ0n) is 8.70. The Bertz CT molecular complexity index is 398. The molecule has 0 fully saturated rings. The monoisotopic (exact) mass is 208 g/mol. The molecule has 0 spiro atoms. The summed E-state index contributed by atoms with van der Waals surface area (Å²) in [6, 6.07) is 1.63. The number of rotatable bonds is 3. The Balaban J connectivity index is 2.65. The molecule has 0 amide bonds. The Hall–Kier alpha value is -1.71. The maximum Gasteiger partial charge on any atom is 0.167 e. The fourth-order valence-electron chi connectivity index (χ4n) is 1.81. The number of carbonyl (C=O) groups excluding carboxylic acids is 1. The lowest BCUT2D eigenvalue weighted by Gasteiger charge is -2.12. The molecule has 0 atom stereocenters. The molecule has 0 aliphatic carbocycles. The van der Waals surface area contributed by atoms with Gasteiger partial charge in [0.2, 0.25) is 0 Å². The topological polar surface area (TPSA) is 44.8 Å². The number of benzene rings is 1. The van der Waals surface area contributed by atoms with E-state index in [9.17, 15) is 4.79 Å². The second-order valence-electron chi connectivity index (χ2n) is 3.23. The Kier molecular flexibility index (Phi) is 2.49. The zero-order valence-corrected chi connectivity index (χ0v) is 8.70. The number of aldehydes is 1. The minimum Gasteiger partial charge on any atom is -0.493 e. The molecule has 0 saturated carbocycles. The van der Waals surface area contributed by atoms with Crippen LogP contribution in [0.4, 0.5) is 0 Å². The van der Waals surface area contributed by atoms with Gasteiger partial charge in [0, 0.05) is 12.0 Å². The van der Waals surface area contributed by atoms with Crippen LogP contribution in [0, 0.1) is 0 Å². The van der Waals surface area contributed by atoms with Crippen LogP contribution in [-0.2, 0) is 6.42 Å². The van der Waals surface area contributed by atoms with E-state index >= 15 is 0 Å². The number of fused-ring (bicyclic) bond motifs is 1. The average Bonchev–Trinajstić information content (AvgIpc) is 2.75. The number of hydrogen-bond acceptors (Lipinski definition) is 4. The lowest BCUT2D eigenvalue weighted by Crippen LogP contribution is -1.97. The summed E-state index contributed by atoms with van der Waals surface area (Å²) < 4.78 is 15.8. The van der Waals surface area contributed by atoms with Gasteiger partial charge >= 0.3 is 0 Å². The molecule has 0 saturated heterocycles. The third kappa shape index (κ3) is 1.42. The first-order chi connectivity index (χ1) is 7.31. The molecule has 0 aromatic heterocycles. The normalized spacial score (nSPS) is 12.9. The maximum absolute atomic E-state index is 10.9. The highest BCUT2D eigenvalue weighted by molar-refractivity contribution is 5.83. The van der Waals surface area contributed by atoms with E-state index in [-0.39, 0.29) is 0 Å². The first-order valence-corrected chi connectivity index (χ1v) is 4.67. The predicted octanol–water partition coefficient (Wildman–Crippen LogP) is 1.45. The van der Waals surface area contributed by atoms with Gasteiger partial charge in [-0.1, -0.05) is 0 Å². The second-order valence-corrected chi connectivity index (χ2v) is 3.23. The summed E-state index contributed by atoms with van der Waals surface area (Å²) >= 11 is 0. The van der Waals surface area contributed by atoms with Gasteiger partial charge in [0.1, 0.15) is 5.75 Å².